The molecule has 0 saturated heterocycles. The molecule has 0 amide bonds. The Morgan fingerprint density at radius 3 is 2.15 bits per heavy atom. The fourth-order valence-corrected chi connectivity index (χ4v) is 7.04. The zero-order chi connectivity index (χ0) is 22.0. The van der Waals surface area contributed by atoms with Gasteiger partial charge in [-0.1, -0.05) is 66.7 Å². The molecular weight excluding hydrogens is 410 g/mol. The van der Waals surface area contributed by atoms with Crippen LogP contribution < -0.4 is 0 Å². The van der Waals surface area contributed by atoms with Crippen molar-refractivity contribution < 1.29 is 0 Å². The standard InChI is InChI=1S/C33H21N/c1-3-9-24-19(7-1)13-21-18-31-22(15-27(21)24)16-29-32-23(14-20-8-2-4-10-25(20)32)17-28-26-11-5-6-12-30(26)34(31)33(28)29/h1-12,15,17-18H,13-14,16H2. The van der Waals surface area contributed by atoms with Gasteiger partial charge in [-0.25, -0.2) is 0 Å². The molecule has 34 heavy (non-hydrogen) atoms. The molecule has 0 radical (unpaired) electrons. The van der Waals surface area contributed by atoms with Crippen molar-refractivity contribution >= 4 is 21.8 Å². The highest BCUT2D eigenvalue weighted by molar-refractivity contribution is 6.13. The van der Waals surface area contributed by atoms with Crippen LogP contribution in [0.5, 0.6) is 0 Å². The van der Waals surface area contributed by atoms with E-state index in [1.807, 2.05) is 0 Å². The van der Waals surface area contributed by atoms with Crippen LogP contribution in [0.25, 0.3) is 49.7 Å². The lowest BCUT2D eigenvalue weighted by Crippen LogP contribution is -2.10. The molecular formula is C33H21N. The summed E-state index contributed by atoms with van der Waals surface area (Å²) in [6, 6.07) is 34.4. The van der Waals surface area contributed by atoms with Gasteiger partial charge in [-0.3, -0.25) is 0 Å². The summed E-state index contributed by atoms with van der Waals surface area (Å²) in [7, 11) is 0. The fraction of sp³-hybridized carbons (Fsp3) is 0.0909. The molecule has 0 spiro atoms. The van der Waals surface area contributed by atoms with Crippen LogP contribution in [0.2, 0.25) is 0 Å². The minimum atomic E-state index is 0.995. The number of fused-ring (bicyclic) bond motifs is 12. The maximum Gasteiger partial charge on any atom is 0.0582 e. The molecule has 1 heteroatoms. The lowest BCUT2D eigenvalue weighted by molar-refractivity contribution is 1.04. The zero-order valence-corrected chi connectivity index (χ0v) is 18.7. The van der Waals surface area contributed by atoms with Gasteiger partial charge in [0.15, 0.2) is 0 Å². The van der Waals surface area contributed by atoms with Crippen LogP contribution in [0, 0.1) is 0 Å². The van der Waals surface area contributed by atoms with Crippen molar-refractivity contribution in [1.29, 1.82) is 0 Å². The molecule has 5 aromatic carbocycles. The van der Waals surface area contributed by atoms with E-state index in [9.17, 15) is 0 Å². The van der Waals surface area contributed by atoms with E-state index < -0.39 is 0 Å². The first-order valence-corrected chi connectivity index (χ1v) is 12.3. The predicted octanol–water partition coefficient (Wildman–Crippen LogP) is 7.83. The molecule has 0 fully saturated rings. The van der Waals surface area contributed by atoms with E-state index in [2.05, 4.69) is 95.6 Å². The van der Waals surface area contributed by atoms with Gasteiger partial charge >= 0.3 is 0 Å². The number of hydrogen-bond acceptors (Lipinski definition) is 0. The SMILES string of the molecule is c1ccc2c(c1)Cc1cc3c(cc1-2)Cc1c2c(cc4c5ccccc5n-3c14)Cc1ccccc1-2. The molecule has 0 bridgehead atoms. The van der Waals surface area contributed by atoms with Crippen molar-refractivity contribution in [2.75, 3.05) is 0 Å². The molecule has 158 valence electrons. The van der Waals surface area contributed by atoms with Gasteiger partial charge in [0.1, 0.15) is 0 Å². The average Bonchev–Trinajstić information content (AvgIpc) is 3.53. The number of hydrogen-bond donors (Lipinski definition) is 0. The monoisotopic (exact) mass is 431 g/mol. The Balaban J connectivity index is 1.43. The highest BCUT2D eigenvalue weighted by Crippen LogP contribution is 2.50. The van der Waals surface area contributed by atoms with Crippen LogP contribution in [-0.4, -0.2) is 4.57 Å². The van der Waals surface area contributed by atoms with Crippen LogP contribution in [0.1, 0.15) is 33.4 Å². The van der Waals surface area contributed by atoms with Crippen molar-refractivity contribution in [2.24, 2.45) is 0 Å². The number of aromatic nitrogens is 1. The van der Waals surface area contributed by atoms with Gasteiger partial charge < -0.3 is 4.57 Å². The number of benzene rings is 5. The van der Waals surface area contributed by atoms with Crippen LogP contribution in [0.3, 0.4) is 0 Å². The van der Waals surface area contributed by atoms with Gasteiger partial charge in [-0.2, -0.15) is 0 Å². The summed E-state index contributed by atoms with van der Waals surface area (Å²) in [6.45, 7) is 0. The molecule has 1 aliphatic heterocycles. The molecule has 2 heterocycles. The van der Waals surface area contributed by atoms with Crippen LogP contribution in [0.15, 0.2) is 91.0 Å². The summed E-state index contributed by atoms with van der Waals surface area (Å²) in [5, 5.41) is 2.78. The maximum absolute atomic E-state index is 2.57. The second-order valence-corrected chi connectivity index (χ2v) is 10.1. The smallest absolute Gasteiger partial charge is 0.0582 e. The van der Waals surface area contributed by atoms with Gasteiger partial charge in [0.2, 0.25) is 0 Å². The number of nitrogens with zero attached hydrogens (tertiary/aromatic N) is 1. The summed E-state index contributed by atoms with van der Waals surface area (Å²) in [5.41, 5.74) is 18.7. The molecule has 1 nitrogen and oxygen atoms in total. The van der Waals surface area contributed by atoms with Gasteiger partial charge in [-0.05, 0) is 92.7 Å². The highest BCUT2D eigenvalue weighted by atomic mass is 15.0. The maximum atomic E-state index is 2.57. The first-order chi connectivity index (χ1) is 16.8. The van der Waals surface area contributed by atoms with Crippen molar-refractivity contribution in [3.63, 3.8) is 0 Å². The second kappa shape index (κ2) is 5.87. The van der Waals surface area contributed by atoms with E-state index in [-0.39, 0.29) is 0 Å². The van der Waals surface area contributed by atoms with E-state index in [1.165, 1.54) is 83.1 Å². The zero-order valence-electron chi connectivity index (χ0n) is 18.7. The topological polar surface area (TPSA) is 4.93 Å². The van der Waals surface area contributed by atoms with E-state index in [0.717, 1.165) is 19.3 Å². The predicted molar refractivity (Wildman–Crippen MR) is 140 cm³/mol. The summed E-state index contributed by atoms with van der Waals surface area (Å²) in [4.78, 5) is 0. The molecule has 0 atom stereocenters. The van der Waals surface area contributed by atoms with Crippen molar-refractivity contribution in [2.45, 2.75) is 19.3 Å². The van der Waals surface area contributed by atoms with Crippen LogP contribution in [0.4, 0.5) is 0 Å². The Labute approximate surface area is 197 Å². The summed E-state index contributed by atoms with van der Waals surface area (Å²) >= 11 is 0. The first-order valence-electron chi connectivity index (χ1n) is 12.3. The van der Waals surface area contributed by atoms with Crippen molar-refractivity contribution in [1.82, 2.24) is 4.57 Å². The number of rotatable bonds is 0. The van der Waals surface area contributed by atoms with E-state index in [1.54, 1.807) is 0 Å². The van der Waals surface area contributed by atoms with Crippen molar-refractivity contribution in [3.05, 3.63) is 124 Å². The average molecular weight is 432 g/mol. The normalized spacial score (nSPS) is 14.1. The fourth-order valence-electron chi connectivity index (χ4n) is 7.04. The Hall–Kier alpha value is -4.10. The van der Waals surface area contributed by atoms with Gasteiger partial charge in [0.25, 0.3) is 0 Å². The molecule has 3 aliphatic rings. The first kappa shape index (κ1) is 17.4. The van der Waals surface area contributed by atoms with Gasteiger partial charge in [0, 0.05) is 17.2 Å². The Bertz CT molecular complexity index is 1880. The highest BCUT2D eigenvalue weighted by Gasteiger charge is 2.31. The Kier molecular flexibility index (Phi) is 3.00. The van der Waals surface area contributed by atoms with Crippen molar-refractivity contribution in [3.8, 4) is 27.9 Å². The largest absolute Gasteiger partial charge is 0.309 e. The summed E-state index contributed by atoms with van der Waals surface area (Å²) in [5.74, 6) is 0. The minimum absolute atomic E-state index is 0.995. The summed E-state index contributed by atoms with van der Waals surface area (Å²) in [6.07, 6.45) is 3.07. The third-order valence-corrected chi connectivity index (χ3v) is 8.41. The molecule has 0 unspecified atom stereocenters. The van der Waals surface area contributed by atoms with E-state index in [0.29, 0.717) is 0 Å². The third kappa shape index (κ3) is 1.98. The quantitative estimate of drug-likeness (QED) is 0.231. The third-order valence-electron chi connectivity index (χ3n) is 8.41. The molecule has 1 aromatic heterocycles. The molecule has 2 aliphatic carbocycles. The van der Waals surface area contributed by atoms with Crippen LogP contribution in [-0.2, 0) is 19.3 Å². The number of para-hydroxylation sites is 1. The van der Waals surface area contributed by atoms with Gasteiger partial charge in [0.05, 0.1) is 16.7 Å². The van der Waals surface area contributed by atoms with Gasteiger partial charge in [-0.15, -0.1) is 0 Å². The summed E-state index contributed by atoms with van der Waals surface area (Å²) < 4.78 is 2.57. The molecule has 0 saturated carbocycles. The second-order valence-electron chi connectivity index (χ2n) is 10.1. The lowest BCUT2D eigenvalue weighted by Gasteiger charge is -2.24. The Morgan fingerprint density at radius 1 is 0.500 bits per heavy atom. The molecule has 9 rings (SSSR count). The Morgan fingerprint density at radius 2 is 1.24 bits per heavy atom. The lowest BCUT2D eigenvalue weighted by atomic mass is 9.88. The van der Waals surface area contributed by atoms with E-state index in [4.69, 9.17) is 0 Å². The molecule has 0 N–H and O–H groups in total. The van der Waals surface area contributed by atoms with E-state index >= 15 is 0 Å². The minimum Gasteiger partial charge on any atom is -0.309 e. The van der Waals surface area contributed by atoms with Crippen LogP contribution >= 0.6 is 0 Å². The molecule has 6 aromatic rings.